The highest BCUT2D eigenvalue weighted by atomic mass is 79.9. The molecule has 1 aromatic carbocycles. The van der Waals surface area contributed by atoms with Crippen molar-refractivity contribution >= 4 is 21.7 Å². The summed E-state index contributed by atoms with van der Waals surface area (Å²) in [7, 11) is 1.55. The number of rotatable bonds is 4. The highest BCUT2D eigenvalue weighted by Gasteiger charge is 2.14. The zero-order valence-corrected chi connectivity index (χ0v) is 10.8. The van der Waals surface area contributed by atoms with E-state index in [1.165, 1.54) is 0 Å². The predicted octanol–water partition coefficient (Wildman–Crippen LogP) is 2.61. The summed E-state index contributed by atoms with van der Waals surface area (Å²) in [6.07, 6.45) is 3.56. The smallest absolute Gasteiger partial charge is 0.174 e. The third-order valence-corrected chi connectivity index (χ3v) is 2.84. The van der Waals surface area contributed by atoms with E-state index in [-0.39, 0.29) is 12.2 Å². The monoisotopic (exact) mass is 294 g/mol. The number of Topliss-reactive ketones (excluding diaryl/α,β-unsaturated/α-hetero) is 1. The average molecular weight is 295 g/mol. The Labute approximate surface area is 107 Å². The molecule has 17 heavy (non-hydrogen) atoms. The highest BCUT2D eigenvalue weighted by Crippen LogP contribution is 2.24. The minimum atomic E-state index is -0.0238. The van der Waals surface area contributed by atoms with Crippen molar-refractivity contribution in [1.29, 1.82) is 0 Å². The maximum absolute atomic E-state index is 12.0. The van der Waals surface area contributed by atoms with Crippen molar-refractivity contribution in [2.24, 2.45) is 0 Å². The Morgan fingerprint density at radius 1 is 1.53 bits per heavy atom. The molecule has 0 fully saturated rings. The van der Waals surface area contributed by atoms with Crippen LogP contribution in [-0.4, -0.2) is 22.9 Å². The van der Waals surface area contributed by atoms with E-state index in [9.17, 15) is 4.79 Å². The van der Waals surface area contributed by atoms with Gasteiger partial charge in [0.25, 0.3) is 0 Å². The molecule has 5 heteroatoms. The third kappa shape index (κ3) is 2.74. The Morgan fingerprint density at radius 3 is 3.00 bits per heavy atom. The first-order valence-corrected chi connectivity index (χ1v) is 5.85. The van der Waals surface area contributed by atoms with Gasteiger partial charge in [-0.3, -0.25) is 4.79 Å². The van der Waals surface area contributed by atoms with Crippen molar-refractivity contribution in [1.82, 2.24) is 9.97 Å². The molecule has 2 aromatic rings. The summed E-state index contributed by atoms with van der Waals surface area (Å²) >= 11 is 3.34. The van der Waals surface area contributed by atoms with Gasteiger partial charge in [-0.05, 0) is 18.2 Å². The Hall–Kier alpha value is -1.62. The molecule has 0 atom stereocenters. The van der Waals surface area contributed by atoms with Crippen molar-refractivity contribution in [2.45, 2.75) is 6.42 Å². The van der Waals surface area contributed by atoms with Gasteiger partial charge in [0.05, 0.1) is 19.1 Å². The molecule has 88 valence electrons. The van der Waals surface area contributed by atoms with Gasteiger partial charge in [0.2, 0.25) is 0 Å². The number of nitrogens with zero attached hydrogens (tertiary/aromatic N) is 1. The first-order valence-electron chi connectivity index (χ1n) is 5.05. The second kappa shape index (κ2) is 5.14. The van der Waals surface area contributed by atoms with Crippen LogP contribution in [0.1, 0.15) is 16.2 Å². The lowest BCUT2D eigenvalue weighted by Crippen LogP contribution is -2.06. The fraction of sp³-hybridized carbons (Fsp3) is 0.167. The van der Waals surface area contributed by atoms with E-state index >= 15 is 0 Å². The van der Waals surface area contributed by atoms with Gasteiger partial charge in [-0.1, -0.05) is 15.9 Å². The molecule has 1 heterocycles. The van der Waals surface area contributed by atoms with E-state index in [1.807, 2.05) is 6.07 Å². The molecular formula is C12H11BrN2O2. The van der Waals surface area contributed by atoms with Gasteiger partial charge in [-0.15, -0.1) is 0 Å². The number of nitrogens with one attached hydrogen (secondary N) is 1. The molecular weight excluding hydrogens is 284 g/mol. The zero-order valence-electron chi connectivity index (χ0n) is 9.24. The minimum Gasteiger partial charge on any atom is -0.496 e. The number of benzene rings is 1. The van der Waals surface area contributed by atoms with Crippen molar-refractivity contribution in [2.75, 3.05) is 7.11 Å². The molecule has 1 aromatic heterocycles. The Kier molecular flexibility index (Phi) is 3.58. The van der Waals surface area contributed by atoms with Crippen molar-refractivity contribution in [3.8, 4) is 5.75 Å². The summed E-state index contributed by atoms with van der Waals surface area (Å²) in [5.74, 6) is 1.19. The van der Waals surface area contributed by atoms with Crippen LogP contribution in [-0.2, 0) is 6.42 Å². The van der Waals surface area contributed by atoms with E-state index in [1.54, 1.807) is 31.6 Å². The first kappa shape index (κ1) is 11.9. The van der Waals surface area contributed by atoms with E-state index in [2.05, 4.69) is 25.9 Å². The van der Waals surface area contributed by atoms with Gasteiger partial charge in [0.15, 0.2) is 5.78 Å². The van der Waals surface area contributed by atoms with Gasteiger partial charge in [-0.25, -0.2) is 4.98 Å². The van der Waals surface area contributed by atoms with E-state index in [0.717, 1.165) is 4.47 Å². The van der Waals surface area contributed by atoms with Gasteiger partial charge in [0.1, 0.15) is 11.6 Å². The number of carbonyl (C=O) groups is 1. The third-order valence-electron chi connectivity index (χ3n) is 2.35. The number of hydrogen-bond donors (Lipinski definition) is 1. The van der Waals surface area contributed by atoms with Gasteiger partial charge < -0.3 is 9.72 Å². The fourth-order valence-corrected chi connectivity index (χ4v) is 1.88. The summed E-state index contributed by atoms with van der Waals surface area (Å²) in [5.41, 5.74) is 0.562. The summed E-state index contributed by atoms with van der Waals surface area (Å²) in [5, 5.41) is 0. The summed E-state index contributed by atoms with van der Waals surface area (Å²) in [6.45, 7) is 0. The van der Waals surface area contributed by atoms with Gasteiger partial charge >= 0.3 is 0 Å². The molecule has 4 nitrogen and oxygen atoms in total. The second-order valence-corrected chi connectivity index (χ2v) is 4.40. The predicted molar refractivity (Wildman–Crippen MR) is 67.3 cm³/mol. The van der Waals surface area contributed by atoms with Crippen LogP contribution < -0.4 is 4.74 Å². The quantitative estimate of drug-likeness (QED) is 0.882. The van der Waals surface area contributed by atoms with Crippen LogP contribution in [0.25, 0.3) is 0 Å². The second-order valence-electron chi connectivity index (χ2n) is 3.48. The number of hydrogen-bond acceptors (Lipinski definition) is 3. The lowest BCUT2D eigenvalue weighted by molar-refractivity contribution is 0.0988. The lowest BCUT2D eigenvalue weighted by atomic mass is 10.1. The fourth-order valence-electron chi connectivity index (χ4n) is 1.54. The van der Waals surface area contributed by atoms with Gasteiger partial charge in [0, 0.05) is 16.9 Å². The summed E-state index contributed by atoms with van der Waals surface area (Å²) < 4.78 is 6.06. The maximum Gasteiger partial charge on any atom is 0.174 e. The number of aromatic nitrogens is 2. The van der Waals surface area contributed by atoms with Crippen LogP contribution in [0.5, 0.6) is 5.75 Å². The van der Waals surface area contributed by atoms with E-state index < -0.39 is 0 Å². The van der Waals surface area contributed by atoms with Crippen molar-refractivity contribution in [3.63, 3.8) is 0 Å². The number of ketones is 1. The Morgan fingerprint density at radius 2 is 2.35 bits per heavy atom. The number of H-pyrrole nitrogens is 1. The lowest BCUT2D eigenvalue weighted by Gasteiger charge is -2.07. The number of ether oxygens (including phenoxy) is 1. The number of imidazole rings is 1. The average Bonchev–Trinajstić information content (AvgIpc) is 2.81. The summed E-state index contributed by atoms with van der Waals surface area (Å²) in [6, 6.07) is 5.33. The molecule has 0 bridgehead atoms. The molecule has 0 saturated heterocycles. The first-order chi connectivity index (χ1) is 8.20. The molecule has 2 rings (SSSR count). The molecule has 0 saturated carbocycles. The van der Waals surface area contributed by atoms with Crippen LogP contribution in [0.4, 0.5) is 0 Å². The van der Waals surface area contributed by atoms with Crippen molar-refractivity contribution in [3.05, 3.63) is 46.5 Å². The molecule has 0 aliphatic rings. The Bertz CT molecular complexity index is 523. The van der Waals surface area contributed by atoms with Crippen LogP contribution in [0.15, 0.2) is 35.1 Å². The number of methoxy groups -OCH3 is 1. The van der Waals surface area contributed by atoms with Crippen molar-refractivity contribution < 1.29 is 9.53 Å². The zero-order chi connectivity index (χ0) is 12.3. The summed E-state index contributed by atoms with van der Waals surface area (Å²) in [4.78, 5) is 19.0. The molecule has 0 spiro atoms. The van der Waals surface area contributed by atoms with E-state index in [4.69, 9.17) is 4.74 Å². The maximum atomic E-state index is 12.0. The highest BCUT2D eigenvalue weighted by molar-refractivity contribution is 9.10. The minimum absolute atomic E-state index is 0.0238. The van der Waals surface area contributed by atoms with Gasteiger partial charge in [-0.2, -0.15) is 0 Å². The molecule has 0 aliphatic heterocycles. The molecule has 0 unspecified atom stereocenters. The number of carbonyl (C=O) groups excluding carboxylic acids is 1. The molecule has 0 radical (unpaired) electrons. The molecule has 0 amide bonds. The van der Waals surface area contributed by atoms with Crippen LogP contribution in [0.3, 0.4) is 0 Å². The van der Waals surface area contributed by atoms with Crippen LogP contribution in [0.2, 0.25) is 0 Å². The van der Waals surface area contributed by atoms with Crippen LogP contribution >= 0.6 is 15.9 Å². The number of aromatic amines is 1. The largest absolute Gasteiger partial charge is 0.496 e. The topological polar surface area (TPSA) is 55.0 Å². The standard InChI is InChI=1S/C12H11BrN2O2/c1-17-11-6-8(13)2-3-9(11)10(16)7-12-14-4-5-15-12/h2-6H,7H2,1H3,(H,14,15). The number of halogens is 1. The Balaban J connectivity index is 2.24. The van der Waals surface area contributed by atoms with E-state index in [0.29, 0.717) is 17.1 Å². The normalized spacial score (nSPS) is 10.2. The molecule has 1 N–H and O–H groups in total. The molecule has 0 aliphatic carbocycles. The van der Waals surface area contributed by atoms with Crippen LogP contribution in [0, 0.1) is 0 Å². The SMILES string of the molecule is COc1cc(Br)ccc1C(=O)Cc1ncc[nH]1.